The Hall–Kier alpha value is -1.56. The Morgan fingerprint density at radius 3 is 2.60 bits per heavy atom. The molecule has 0 atom stereocenters. The maximum absolute atomic E-state index is 5.31. The molecule has 0 unspecified atom stereocenters. The van der Waals surface area contributed by atoms with Crippen molar-refractivity contribution in [2.45, 2.75) is 34.2 Å². The number of nitrogens with zero attached hydrogens (tertiary/aromatic N) is 3. The van der Waals surface area contributed by atoms with Gasteiger partial charge in [-0.3, -0.25) is 4.68 Å². The first-order valence-corrected chi connectivity index (χ1v) is 7.19. The molecule has 0 aliphatic heterocycles. The molecule has 6 heteroatoms. The predicted octanol–water partition coefficient (Wildman–Crippen LogP) is 1.13. The maximum Gasteiger partial charge on any atom is 0.191 e. The number of nitrogens with one attached hydrogen (secondary N) is 2. The first-order valence-electron chi connectivity index (χ1n) is 7.19. The summed E-state index contributed by atoms with van der Waals surface area (Å²) in [5, 5.41) is 10.9. The molecule has 1 rings (SSSR count). The lowest BCUT2D eigenvalue weighted by atomic mass is 10.2. The third kappa shape index (κ3) is 4.85. The van der Waals surface area contributed by atoms with Gasteiger partial charge in [-0.1, -0.05) is 0 Å². The summed E-state index contributed by atoms with van der Waals surface area (Å²) < 4.78 is 7.21. The highest BCUT2D eigenvalue weighted by Gasteiger charge is 2.08. The van der Waals surface area contributed by atoms with Gasteiger partial charge in [0, 0.05) is 38.0 Å². The fourth-order valence-corrected chi connectivity index (χ4v) is 1.93. The van der Waals surface area contributed by atoms with Gasteiger partial charge in [-0.25, -0.2) is 4.99 Å². The summed E-state index contributed by atoms with van der Waals surface area (Å²) in [7, 11) is 1.96. The summed E-state index contributed by atoms with van der Waals surface area (Å²) in [5.74, 6) is 0.815. The van der Waals surface area contributed by atoms with Crippen LogP contribution in [0.1, 0.15) is 30.8 Å². The van der Waals surface area contributed by atoms with Crippen LogP contribution in [0.2, 0.25) is 0 Å². The van der Waals surface area contributed by atoms with Crippen LogP contribution in [0.5, 0.6) is 0 Å². The quantitative estimate of drug-likeness (QED) is 0.447. The highest BCUT2D eigenvalue weighted by molar-refractivity contribution is 5.79. The normalized spacial score (nSPS) is 11.8. The Kier molecular flexibility index (Phi) is 7.08. The summed E-state index contributed by atoms with van der Waals surface area (Å²) in [6, 6.07) is 0. The Labute approximate surface area is 121 Å². The fraction of sp³-hybridized carbons (Fsp3) is 0.714. The molecule has 0 fully saturated rings. The standard InChI is InChI=1S/C14H27N5O/c1-6-15-14(16-8-9-20-7-2)17-10-13-11(3)18-19(5)12(13)4/h6-10H2,1-5H3,(H2,15,16,17). The van der Waals surface area contributed by atoms with Crippen molar-refractivity contribution in [1.82, 2.24) is 20.4 Å². The van der Waals surface area contributed by atoms with Crippen LogP contribution in [-0.4, -0.2) is 42.0 Å². The summed E-state index contributed by atoms with van der Waals surface area (Å²) in [6.45, 7) is 11.8. The Bertz CT molecular complexity index is 439. The number of guanidine groups is 1. The van der Waals surface area contributed by atoms with Crippen LogP contribution in [0.15, 0.2) is 4.99 Å². The molecule has 0 spiro atoms. The van der Waals surface area contributed by atoms with E-state index >= 15 is 0 Å². The average Bonchev–Trinajstić information content (AvgIpc) is 2.66. The van der Waals surface area contributed by atoms with Gasteiger partial charge in [0.25, 0.3) is 0 Å². The number of aliphatic imine (C=N–C) groups is 1. The van der Waals surface area contributed by atoms with E-state index in [0.717, 1.165) is 37.0 Å². The van der Waals surface area contributed by atoms with Gasteiger partial charge in [0.05, 0.1) is 18.8 Å². The smallest absolute Gasteiger partial charge is 0.191 e. The van der Waals surface area contributed by atoms with E-state index in [-0.39, 0.29) is 0 Å². The lowest BCUT2D eigenvalue weighted by Crippen LogP contribution is -2.39. The van der Waals surface area contributed by atoms with E-state index in [1.54, 1.807) is 0 Å². The summed E-state index contributed by atoms with van der Waals surface area (Å²) >= 11 is 0. The minimum atomic E-state index is 0.634. The summed E-state index contributed by atoms with van der Waals surface area (Å²) in [5.41, 5.74) is 3.39. The van der Waals surface area contributed by atoms with Crippen LogP contribution in [0.25, 0.3) is 0 Å². The van der Waals surface area contributed by atoms with Crippen molar-refractivity contribution < 1.29 is 4.74 Å². The van der Waals surface area contributed by atoms with Crippen LogP contribution in [0.3, 0.4) is 0 Å². The molecule has 1 aromatic rings. The number of rotatable bonds is 7. The molecule has 1 heterocycles. The van der Waals surface area contributed by atoms with Crippen LogP contribution < -0.4 is 10.6 Å². The molecule has 0 aliphatic carbocycles. The third-order valence-electron chi connectivity index (χ3n) is 3.14. The summed E-state index contributed by atoms with van der Waals surface area (Å²) in [4.78, 5) is 4.60. The van der Waals surface area contributed by atoms with Crippen molar-refractivity contribution >= 4 is 5.96 Å². The molecule has 0 bridgehead atoms. The van der Waals surface area contributed by atoms with E-state index < -0.39 is 0 Å². The zero-order valence-corrected chi connectivity index (χ0v) is 13.3. The monoisotopic (exact) mass is 281 g/mol. The van der Waals surface area contributed by atoms with Crippen molar-refractivity contribution in [2.24, 2.45) is 12.0 Å². The Morgan fingerprint density at radius 2 is 2.05 bits per heavy atom. The van der Waals surface area contributed by atoms with E-state index in [1.807, 2.05) is 25.6 Å². The van der Waals surface area contributed by atoms with Gasteiger partial charge < -0.3 is 15.4 Å². The first kappa shape index (κ1) is 16.5. The van der Waals surface area contributed by atoms with Gasteiger partial charge in [-0.15, -0.1) is 0 Å². The predicted molar refractivity (Wildman–Crippen MR) is 82.0 cm³/mol. The van der Waals surface area contributed by atoms with Crippen molar-refractivity contribution in [3.63, 3.8) is 0 Å². The molecule has 6 nitrogen and oxygen atoms in total. The zero-order valence-electron chi connectivity index (χ0n) is 13.3. The average molecular weight is 281 g/mol. The topological polar surface area (TPSA) is 63.5 Å². The van der Waals surface area contributed by atoms with Crippen LogP contribution in [-0.2, 0) is 18.3 Å². The molecule has 20 heavy (non-hydrogen) atoms. The number of hydrogen-bond acceptors (Lipinski definition) is 3. The van der Waals surface area contributed by atoms with Crippen LogP contribution >= 0.6 is 0 Å². The highest BCUT2D eigenvalue weighted by Crippen LogP contribution is 2.12. The minimum Gasteiger partial charge on any atom is -0.380 e. The van der Waals surface area contributed by atoms with Crippen molar-refractivity contribution in [1.29, 1.82) is 0 Å². The highest BCUT2D eigenvalue weighted by atomic mass is 16.5. The van der Waals surface area contributed by atoms with Gasteiger partial charge in [0.1, 0.15) is 0 Å². The van der Waals surface area contributed by atoms with E-state index in [0.29, 0.717) is 13.2 Å². The Balaban J connectivity index is 2.61. The largest absolute Gasteiger partial charge is 0.380 e. The molecule has 0 saturated carbocycles. The van der Waals surface area contributed by atoms with Gasteiger partial charge in [0.2, 0.25) is 0 Å². The summed E-state index contributed by atoms with van der Waals surface area (Å²) in [6.07, 6.45) is 0. The molecule has 0 radical (unpaired) electrons. The second-order valence-electron chi connectivity index (χ2n) is 4.59. The second-order valence-corrected chi connectivity index (χ2v) is 4.59. The minimum absolute atomic E-state index is 0.634. The lowest BCUT2D eigenvalue weighted by Gasteiger charge is -2.11. The molecule has 0 saturated heterocycles. The molecule has 2 N–H and O–H groups in total. The van der Waals surface area contributed by atoms with Crippen LogP contribution in [0.4, 0.5) is 0 Å². The van der Waals surface area contributed by atoms with E-state index in [9.17, 15) is 0 Å². The van der Waals surface area contributed by atoms with Crippen molar-refractivity contribution in [3.05, 3.63) is 17.0 Å². The number of aryl methyl sites for hydroxylation is 2. The van der Waals surface area contributed by atoms with E-state index in [4.69, 9.17) is 4.74 Å². The van der Waals surface area contributed by atoms with E-state index in [2.05, 4.69) is 34.6 Å². The maximum atomic E-state index is 5.31. The van der Waals surface area contributed by atoms with Gasteiger partial charge in [-0.2, -0.15) is 5.10 Å². The van der Waals surface area contributed by atoms with Gasteiger partial charge >= 0.3 is 0 Å². The SMILES string of the molecule is CCNC(=NCc1c(C)nn(C)c1C)NCCOCC. The van der Waals surface area contributed by atoms with Gasteiger partial charge in [-0.05, 0) is 27.7 Å². The molecule has 0 aromatic carbocycles. The molecule has 1 aromatic heterocycles. The molecule has 0 aliphatic rings. The molecule has 0 amide bonds. The second kappa shape index (κ2) is 8.58. The van der Waals surface area contributed by atoms with Crippen molar-refractivity contribution in [2.75, 3.05) is 26.3 Å². The first-order chi connectivity index (χ1) is 9.60. The molecular formula is C14H27N5O. The lowest BCUT2D eigenvalue weighted by molar-refractivity contribution is 0.152. The number of hydrogen-bond donors (Lipinski definition) is 2. The van der Waals surface area contributed by atoms with Crippen LogP contribution in [0, 0.1) is 13.8 Å². The number of ether oxygens (including phenoxy) is 1. The molecular weight excluding hydrogens is 254 g/mol. The zero-order chi connectivity index (χ0) is 15.0. The van der Waals surface area contributed by atoms with Gasteiger partial charge in [0.15, 0.2) is 5.96 Å². The third-order valence-corrected chi connectivity index (χ3v) is 3.14. The number of aromatic nitrogens is 2. The molecule has 114 valence electrons. The Morgan fingerprint density at radius 1 is 1.30 bits per heavy atom. The van der Waals surface area contributed by atoms with Crippen molar-refractivity contribution in [3.8, 4) is 0 Å². The van der Waals surface area contributed by atoms with E-state index in [1.165, 1.54) is 5.56 Å². The fourth-order valence-electron chi connectivity index (χ4n) is 1.93.